The van der Waals surface area contributed by atoms with E-state index in [9.17, 15) is 13.5 Å². The predicted molar refractivity (Wildman–Crippen MR) is 82.5 cm³/mol. The highest BCUT2D eigenvalue weighted by atomic mass is 32.2. The van der Waals surface area contributed by atoms with Gasteiger partial charge in [0.05, 0.1) is 35.7 Å². The SMILES string of the molecule is NC(=S)Cc1ccc(S(=O)(=O)N2CCOCC2CO)cc1. The number of nitrogens with zero attached hydrogens (tertiary/aromatic N) is 1. The highest BCUT2D eigenvalue weighted by Crippen LogP contribution is 2.21. The predicted octanol–water partition coefficient (Wildman–Crippen LogP) is -0.103. The highest BCUT2D eigenvalue weighted by Gasteiger charge is 2.33. The molecule has 21 heavy (non-hydrogen) atoms. The first-order chi connectivity index (χ1) is 9.95. The Balaban J connectivity index is 2.24. The van der Waals surface area contributed by atoms with Gasteiger partial charge in [0.15, 0.2) is 0 Å². The van der Waals surface area contributed by atoms with Crippen LogP contribution >= 0.6 is 12.2 Å². The van der Waals surface area contributed by atoms with E-state index in [2.05, 4.69) is 0 Å². The lowest BCUT2D eigenvalue weighted by molar-refractivity contribution is 0.0109. The van der Waals surface area contributed by atoms with Gasteiger partial charge in [0.25, 0.3) is 0 Å². The smallest absolute Gasteiger partial charge is 0.243 e. The van der Waals surface area contributed by atoms with Crippen LogP contribution in [0, 0.1) is 0 Å². The number of aliphatic hydroxyl groups excluding tert-OH is 1. The molecule has 6 nitrogen and oxygen atoms in total. The van der Waals surface area contributed by atoms with Gasteiger partial charge in [-0.2, -0.15) is 4.31 Å². The Morgan fingerprint density at radius 3 is 2.67 bits per heavy atom. The zero-order valence-corrected chi connectivity index (χ0v) is 13.1. The summed E-state index contributed by atoms with van der Waals surface area (Å²) in [7, 11) is -3.64. The molecule has 1 aliphatic heterocycles. The standard InChI is InChI=1S/C13H18N2O4S2/c14-13(20)7-10-1-3-12(4-2-10)21(17,18)15-5-6-19-9-11(15)8-16/h1-4,11,16H,5-9H2,(H2,14,20). The van der Waals surface area contributed by atoms with Crippen LogP contribution in [-0.2, 0) is 21.2 Å². The van der Waals surface area contributed by atoms with E-state index in [1.807, 2.05) is 0 Å². The van der Waals surface area contributed by atoms with Crippen molar-refractivity contribution in [1.29, 1.82) is 0 Å². The number of rotatable bonds is 5. The summed E-state index contributed by atoms with van der Waals surface area (Å²) in [6.45, 7) is 0.505. The van der Waals surface area contributed by atoms with Crippen molar-refractivity contribution in [1.82, 2.24) is 4.31 Å². The number of morpholine rings is 1. The van der Waals surface area contributed by atoms with Gasteiger partial charge < -0.3 is 15.6 Å². The minimum Gasteiger partial charge on any atom is -0.395 e. The summed E-state index contributed by atoms with van der Waals surface area (Å²) in [4.78, 5) is 0.550. The van der Waals surface area contributed by atoms with Gasteiger partial charge in [0, 0.05) is 13.0 Å². The topological polar surface area (TPSA) is 92.9 Å². The minimum absolute atomic E-state index is 0.189. The minimum atomic E-state index is -3.64. The van der Waals surface area contributed by atoms with Crippen molar-refractivity contribution in [3.05, 3.63) is 29.8 Å². The van der Waals surface area contributed by atoms with E-state index in [1.54, 1.807) is 12.1 Å². The zero-order chi connectivity index (χ0) is 15.5. The number of ether oxygens (including phenoxy) is 1. The van der Waals surface area contributed by atoms with Crippen LogP contribution in [0.3, 0.4) is 0 Å². The zero-order valence-electron chi connectivity index (χ0n) is 11.4. The van der Waals surface area contributed by atoms with Crippen LogP contribution in [0.1, 0.15) is 5.56 Å². The fraction of sp³-hybridized carbons (Fsp3) is 0.462. The highest BCUT2D eigenvalue weighted by molar-refractivity contribution is 7.89. The number of hydrogen-bond donors (Lipinski definition) is 2. The summed E-state index contributed by atoms with van der Waals surface area (Å²) in [6, 6.07) is 5.92. The number of aliphatic hydroxyl groups is 1. The van der Waals surface area contributed by atoms with Gasteiger partial charge in [0.2, 0.25) is 10.0 Å². The lowest BCUT2D eigenvalue weighted by Crippen LogP contribution is -2.50. The Hall–Kier alpha value is -1.06. The molecule has 8 heteroatoms. The summed E-state index contributed by atoms with van der Waals surface area (Å²) in [5.74, 6) is 0. The fourth-order valence-corrected chi connectivity index (χ4v) is 3.97. The molecule has 116 valence electrons. The Morgan fingerprint density at radius 2 is 2.10 bits per heavy atom. The number of hydrogen-bond acceptors (Lipinski definition) is 5. The molecule has 0 saturated carbocycles. The van der Waals surface area contributed by atoms with Crippen molar-refractivity contribution in [2.24, 2.45) is 5.73 Å². The molecular formula is C13H18N2O4S2. The maximum absolute atomic E-state index is 12.6. The molecule has 0 spiro atoms. The second kappa shape index (κ2) is 6.80. The van der Waals surface area contributed by atoms with E-state index >= 15 is 0 Å². The molecule has 0 amide bonds. The number of nitrogens with two attached hydrogens (primary N) is 1. The van der Waals surface area contributed by atoms with Crippen molar-refractivity contribution in [3.8, 4) is 0 Å². The van der Waals surface area contributed by atoms with Crippen LogP contribution in [0.15, 0.2) is 29.2 Å². The van der Waals surface area contributed by atoms with Gasteiger partial charge in [-0.15, -0.1) is 0 Å². The van der Waals surface area contributed by atoms with Crippen LogP contribution < -0.4 is 5.73 Å². The number of thiocarbonyl (C=S) groups is 1. The van der Waals surface area contributed by atoms with E-state index in [0.717, 1.165) is 5.56 Å². The van der Waals surface area contributed by atoms with E-state index in [-0.39, 0.29) is 24.7 Å². The molecule has 1 unspecified atom stereocenters. The summed E-state index contributed by atoms with van der Waals surface area (Å²) < 4.78 is 31.7. The molecule has 0 aromatic heterocycles. The lowest BCUT2D eigenvalue weighted by atomic mass is 10.1. The first-order valence-corrected chi connectivity index (χ1v) is 8.37. The normalized spacial score (nSPS) is 20.3. The van der Waals surface area contributed by atoms with Crippen LogP contribution in [0.25, 0.3) is 0 Å². The van der Waals surface area contributed by atoms with Crippen LogP contribution in [-0.4, -0.2) is 55.2 Å². The van der Waals surface area contributed by atoms with Crippen LogP contribution in [0.5, 0.6) is 0 Å². The molecular weight excluding hydrogens is 312 g/mol. The Morgan fingerprint density at radius 1 is 1.43 bits per heavy atom. The molecule has 0 bridgehead atoms. The summed E-state index contributed by atoms with van der Waals surface area (Å²) in [5.41, 5.74) is 6.33. The first kappa shape index (κ1) is 16.3. The lowest BCUT2D eigenvalue weighted by Gasteiger charge is -2.33. The van der Waals surface area contributed by atoms with Gasteiger partial charge >= 0.3 is 0 Å². The molecule has 0 radical (unpaired) electrons. The first-order valence-electron chi connectivity index (χ1n) is 6.53. The molecule has 2 rings (SSSR count). The summed E-state index contributed by atoms with van der Waals surface area (Å²) >= 11 is 4.83. The van der Waals surface area contributed by atoms with Gasteiger partial charge in [-0.3, -0.25) is 0 Å². The molecule has 1 saturated heterocycles. The third-order valence-corrected chi connectivity index (χ3v) is 5.40. The largest absolute Gasteiger partial charge is 0.395 e. The molecule has 1 heterocycles. The number of benzene rings is 1. The maximum Gasteiger partial charge on any atom is 0.243 e. The maximum atomic E-state index is 12.6. The van der Waals surface area contributed by atoms with E-state index in [1.165, 1.54) is 16.4 Å². The molecule has 1 aromatic carbocycles. The Kier molecular flexibility index (Phi) is 5.28. The van der Waals surface area contributed by atoms with Crippen LogP contribution in [0.2, 0.25) is 0 Å². The number of sulfonamides is 1. The van der Waals surface area contributed by atoms with Gasteiger partial charge in [-0.25, -0.2) is 8.42 Å². The average molecular weight is 330 g/mol. The molecule has 0 aliphatic carbocycles. The second-order valence-corrected chi connectivity index (χ2v) is 7.23. The van der Waals surface area contributed by atoms with Crippen LogP contribution in [0.4, 0.5) is 0 Å². The molecule has 1 atom stereocenters. The Bertz CT molecular complexity index is 601. The average Bonchev–Trinajstić information content (AvgIpc) is 2.47. The van der Waals surface area contributed by atoms with E-state index in [4.69, 9.17) is 22.7 Å². The molecule has 1 fully saturated rings. The van der Waals surface area contributed by atoms with Gasteiger partial charge in [0.1, 0.15) is 0 Å². The quantitative estimate of drug-likeness (QED) is 0.732. The van der Waals surface area contributed by atoms with Gasteiger partial charge in [-0.1, -0.05) is 24.4 Å². The third kappa shape index (κ3) is 3.78. The third-order valence-electron chi connectivity index (χ3n) is 3.29. The monoisotopic (exact) mass is 330 g/mol. The van der Waals surface area contributed by atoms with Gasteiger partial charge in [-0.05, 0) is 17.7 Å². The fourth-order valence-electron chi connectivity index (χ4n) is 2.22. The van der Waals surface area contributed by atoms with Crippen molar-refractivity contribution >= 4 is 27.2 Å². The van der Waals surface area contributed by atoms with Crippen molar-refractivity contribution in [2.75, 3.05) is 26.4 Å². The van der Waals surface area contributed by atoms with Crippen molar-refractivity contribution < 1.29 is 18.3 Å². The van der Waals surface area contributed by atoms with E-state index < -0.39 is 16.1 Å². The van der Waals surface area contributed by atoms with Crippen molar-refractivity contribution in [3.63, 3.8) is 0 Å². The molecule has 1 aliphatic rings. The molecule has 3 N–H and O–H groups in total. The summed E-state index contributed by atoms with van der Waals surface area (Å²) in [6.07, 6.45) is 0.437. The van der Waals surface area contributed by atoms with E-state index in [0.29, 0.717) is 18.0 Å². The second-order valence-electron chi connectivity index (χ2n) is 4.81. The molecule has 1 aromatic rings. The van der Waals surface area contributed by atoms with Crippen molar-refractivity contribution in [2.45, 2.75) is 17.4 Å². The summed E-state index contributed by atoms with van der Waals surface area (Å²) in [5, 5.41) is 9.30. The Labute approximate surface area is 129 Å².